The van der Waals surface area contributed by atoms with Crippen LogP contribution in [0.25, 0.3) is 6.08 Å². The third-order valence-corrected chi connectivity index (χ3v) is 5.14. The lowest BCUT2D eigenvalue weighted by Crippen LogP contribution is -2.38. The molecular weight excluding hydrogens is 447 g/mol. The summed E-state index contributed by atoms with van der Waals surface area (Å²) < 4.78 is 0. The maximum absolute atomic E-state index is 11.0. The number of nitrogens with zero attached hydrogens (tertiary/aromatic N) is 2. The first kappa shape index (κ1) is 26.2. The average Bonchev–Trinajstić information content (AvgIpc) is 2.71. The van der Waals surface area contributed by atoms with Crippen LogP contribution >= 0.6 is 36.4 Å². The smallest absolute Gasteiger partial charge is 0.267 e. The molecule has 30 heavy (non-hydrogen) atoms. The second-order valence-corrected chi connectivity index (χ2v) is 7.50. The Morgan fingerprint density at radius 2 is 1.93 bits per heavy atom. The number of carbonyl (C=O) groups is 1. The molecule has 0 bridgehead atoms. The van der Waals surface area contributed by atoms with Gasteiger partial charge in [0, 0.05) is 37.9 Å². The maximum Gasteiger partial charge on any atom is 0.267 e. The van der Waals surface area contributed by atoms with Gasteiger partial charge in [-0.15, -0.1) is 24.8 Å². The minimum atomic E-state index is -0.601. The molecule has 1 aromatic carbocycles. The molecule has 1 aliphatic rings. The molecule has 164 valence electrons. The Hall–Kier alpha value is -1.83. The van der Waals surface area contributed by atoms with Gasteiger partial charge in [-0.25, -0.2) is 10.5 Å². The minimum absolute atomic E-state index is 0. The van der Waals surface area contributed by atoms with Crippen LogP contribution in [0.15, 0.2) is 42.6 Å². The number of aromatic nitrogens is 1. The van der Waals surface area contributed by atoms with E-state index in [4.69, 9.17) is 16.8 Å². The van der Waals surface area contributed by atoms with Crippen LogP contribution in [0, 0.1) is 6.92 Å². The van der Waals surface area contributed by atoms with Crippen LogP contribution in [-0.2, 0) is 11.3 Å². The molecule has 2 heterocycles. The number of piperidine rings is 1. The Bertz CT molecular complexity index is 839. The first-order valence-corrected chi connectivity index (χ1v) is 9.73. The van der Waals surface area contributed by atoms with Gasteiger partial charge in [-0.05, 0) is 43.0 Å². The van der Waals surface area contributed by atoms with Gasteiger partial charge in [0.05, 0.1) is 5.02 Å². The van der Waals surface area contributed by atoms with Crippen molar-refractivity contribution in [3.05, 3.63) is 64.3 Å². The SMILES string of the molecule is Cc1ccc(CN2CCC(Nc3ncc(/C=C/C(=O)NO)cc3Cl)CC2)cc1.Cl.Cl. The van der Waals surface area contributed by atoms with Crippen LogP contribution in [0.3, 0.4) is 0 Å². The van der Waals surface area contributed by atoms with Gasteiger partial charge < -0.3 is 5.32 Å². The van der Waals surface area contributed by atoms with Crippen molar-refractivity contribution in [1.82, 2.24) is 15.4 Å². The van der Waals surface area contributed by atoms with Gasteiger partial charge in [0.25, 0.3) is 5.91 Å². The summed E-state index contributed by atoms with van der Waals surface area (Å²) in [5, 5.41) is 12.4. The zero-order valence-corrected chi connectivity index (χ0v) is 19.1. The third kappa shape index (κ3) is 7.78. The predicted molar refractivity (Wildman–Crippen MR) is 126 cm³/mol. The highest BCUT2D eigenvalue weighted by molar-refractivity contribution is 6.33. The number of hydrogen-bond donors (Lipinski definition) is 3. The van der Waals surface area contributed by atoms with Gasteiger partial charge in [0.2, 0.25) is 0 Å². The monoisotopic (exact) mass is 472 g/mol. The molecule has 1 saturated heterocycles. The summed E-state index contributed by atoms with van der Waals surface area (Å²) in [6.45, 7) is 5.14. The molecule has 6 nitrogen and oxygen atoms in total. The largest absolute Gasteiger partial charge is 0.366 e. The van der Waals surface area contributed by atoms with Crippen LogP contribution in [-0.4, -0.2) is 40.1 Å². The lowest BCUT2D eigenvalue weighted by Gasteiger charge is -2.32. The number of aryl methyl sites for hydroxylation is 1. The maximum atomic E-state index is 11.0. The van der Waals surface area contributed by atoms with Crippen LogP contribution in [0.2, 0.25) is 5.02 Å². The highest BCUT2D eigenvalue weighted by atomic mass is 35.5. The van der Waals surface area contributed by atoms with E-state index >= 15 is 0 Å². The van der Waals surface area contributed by atoms with Crippen LogP contribution < -0.4 is 10.8 Å². The summed E-state index contributed by atoms with van der Waals surface area (Å²) in [5.41, 5.74) is 4.86. The van der Waals surface area contributed by atoms with E-state index in [-0.39, 0.29) is 24.8 Å². The first-order chi connectivity index (χ1) is 13.5. The molecule has 0 radical (unpaired) electrons. The average molecular weight is 474 g/mol. The zero-order chi connectivity index (χ0) is 19.9. The first-order valence-electron chi connectivity index (χ1n) is 9.35. The molecule has 3 rings (SSSR count). The lowest BCUT2D eigenvalue weighted by molar-refractivity contribution is -0.124. The molecule has 0 unspecified atom stereocenters. The number of nitrogens with one attached hydrogen (secondary N) is 2. The number of carbonyl (C=O) groups excluding carboxylic acids is 1. The second-order valence-electron chi connectivity index (χ2n) is 7.09. The van der Waals surface area contributed by atoms with E-state index in [1.165, 1.54) is 23.3 Å². The Morgan fingerprint density at radius 1 is 1.27 bits per heavy atom. The minimum Gasteiger partial charge on any atom is -0.366 e. The van der Waals surface area contributed by atoms with Crippen molar-refractivity contribution in [2.24, 2.45) is 0 Å². The predicted octanol–water partition coefficient (Wildman–Crippen LogP) is 4.48. The molecule has 1 aliphatic heterocycles. The fourth-order valence-corrected chi connectivity index (χ4v) is 3.47. The van der Waals surface area contributed by atoms with Crippen molar-refractivity contribution in [3.63, 3.8) is 0 Å². The van der Waals surface area contributed by atoms with Gasteiger partial charge >= 0.3 is 0 Å². The van der Waals surface area contributed by atoms with Crippen LogP contribution in [0.4, 0.5) is 5.82 Å². The van der Waals surface area contributed by atoms with Crippen molar-refractivity contribution in [2.45, 2.75) is 32.4 Å². The number of hydroxylamine groups is 1. The highest BCUT2D eigenvalue weighted by Crippen LogP contribution is 2.24. The van der Waals surface area contributed by atoms with E-state index in [0.717, 1.165) is 32.5 Å². The lowest BCUT2D eigenvalue weighted by atomic mass is 10.0. The molecule has 9 heteroatoms. The number of anilines is 1. The van der Waals surface area contributed by atoms with Crippen molar-refractivity contribution in [2.75, 3.05) is 18.4 Å². The van der Waals surface area contributed by atoms with Crippen molar-refractivity contribution < 1.29 is 10.0 Å². The van der Waals surface area contributed by atoms with E-state index in [0.29, 0.717) is 22.4 Å². The number of halogens is 3. The fraction of sp³-hybridized carbons (Fsp3) is 0.333. The van der Waals surface area contributed by atoms with Crippen molar-refractivity contribution in [3.8, 4) is 0 Å². The Labute approximate surface area is 194 Å². The molecule has 1 amide bonds. The summed E-state index contributed by atoms with van der Waals surface area (Å²) >= 11 is 6.33. The number of hydrogen-bond acceptors (Lipinski definition) is 5. The van der Waals surface area contributed by atoms with Gasteiger partial charge in [-0.3, -0.25) is 14.9 Å². The fourth-order valence-electron chi connectivity index (χ4n) is 3.24. The number of likely N-dealkylation sites (tertiary alicyclic amines) is 1. The zero-order valence-electron chi connectivity index (χ0n) is 16.7. The highest BCUT2D eigenvalue weighted by Gasteiger charge is 2.20. The van der Waals surface area contributed by atoms with Crippen LogP contribution in [0.5, 0.6) is 0 Å². The number of benzene rings is 1. The molecule has 1 aromatic heterocycles. The van der Waals surface area contributed by atoms with E-state index in [1.807, 2.05) is 0 Å². The Kier molecular flexibility index (Phi) is 11.2. The Balaban J connectivity index is 0.00000225. The molecule has 0 spiro atoms. The summed E-state index contributed by atoms with van der Waals surface area (Å²) in [4.78, 5) is 17.9. The number of pyridine rings is 1. The normalized spacial score (nSPS) is 14.6. The molecule has 0 saturated carbocycles. The van der Waals surface area contributed by atoms with Crippen molar-refractivity contribution in [1.29, 1.82) is 0 Å². The standard InChI is InChI=1S/C21H25ClN4O2.2ClH/c1-15-2-4-16(5-3-15)14-26-10-8-18(9-11-26)24-21-19(22)12-17(13-23-21)6-7-20(27)25-28;;/h2-7,12-13,18,28H,8-11,14H2,1H3,(H,23,24)(H,25,27);2*1H/b7-6+;;. The van der Waals surface area contributed by atoms with E-state index in [1.54, 1.807) is 17.7 Å². The molecular formula is C21H27Cl3N4O2. The second kappa shape index (κ2) is 12.8. The molecule has 0 atom stereocenters. The van der Waals surface area contributed by atoms with Gasteiger partial charge in [0.1, 0.15) is 5.82 Å². The van der Waals surface area contributed by atoms with Crippen molar-refractivity contribution >= 4 is 54.2 Å². The van der Waals surface area contributed by atoms with E-state index in [9.17, 15) is 4.79 Å². The number of rotatable bonds is 6. The quantitative estimate of drug-likeness (QED) is 0.327. The van der Waals surface area contributed by atoms with Gasteiger partial charge in [-0.2, -0.15) is 0 Å². The number of amides is 1. The molecule has 2 aromatic rings. The van der Waals surface area contributed by atoms with Gasteiger partial charge in [-0.1, -0.05) is 41.4 Å². The summed E-state index contributed by atoms with van der Waals surface area (Å²) in [6, 6.07) is 10.8. The third-order valence-electron chi connectivity index (χ3n) is 4.85. The van der Waals surface area contributed by atoms with E-state index < -0.39 is 5.91 Å². The summed E-state index contributed by atoms with van der Waals surface area (Å²) in [7, 11) is 0. The molecule has 0 aliphatic carbocycles. The summed E-state index contributed by atoms with van der Waals surface area (Å²) in [6.07, 6.45) is 6.45. The van der Waals surface area contributed by atoms with E-state index in [2.05, 4.69) is 46.4 Å². The van der Waals surface area contributed by atoms with Gasteiger partial charge in [0.15, 0.2) is 0 Å². The van der Waals surface area contributed by atoms with Crippen LogP contribution in [0.1, 0.15) is 29.5 Å². The molecule has 1 fully saturated rings. The summed E-state index contributed by atoms with van der Waals surface area (Å²) in [5.74, 6) is 0.0538. The Morgan fingerprint density at radius 3 is 2.53 bits per heavy atom. The topological polar surface area (TPSA) is 77.5 Å². The molecule has 3 N–H and O–H groups in total.